The Morgan fingerprint density at radius 1 is 1.40 bits per heavy atom. The van der Waals surface area contributed by atoms with Gasteiger partial charge in [0.2, 0.25) is 0 Å². The summed E-state index contributed by atoms with van der Waals surface area (Å²) in [5, 5.41) is 26.7. The second kappa shape index (κ2) is 5.90. The van der Waals surface area contributed by atoms with Crippen molar-refractivity contribution >= 4 is 11.9 Å². The molecule has 0 radical (unpaired) electrons. The highest BCUT2D eigenvalue weighted by atomic mass is 16.6. The van der Waals surface area contributed by atoms with E-state index in [-0.39, 0.29) is 11.4 Å². The number of hydrazone groups is 1. The molecule has 1 saturated heterocycles. The Balaban J connectivity index is 2.18. The molecule has 1 aliphatic rings. The summed E-state index contributed by atoms with van der Waals surface area (Å²) in [6.45, 7) is 4.26. The second-order valence-corrected chi connectivity index (χ2v) is 5.26. The molecule has 2 atom stereocenters. The zero-order valence-corrected chi connectivity index (χ0v) is 11.7. The third-order valence-electron chi connectivity index (χ3n) is 3.68. The third-order valence-corrected chi connectivity index (χ3v) is 3.68. The Morgan fingerprint density at radius 2 is 2.05 bits per heavy atom. The van der Waals surface area contributed by atoms with Crippen molar-refractivity contribution in [2.24, 2.45) is 5.10 Å². The monoisotopic (exact) mass is 277 g/mol. The molecule has 2 rings (SSSR count). The molecule has 6 heteroatoms. The first kappa shape index (κ1) is 14.3. The standard InChI is InChI=1S/C14H19N3O3/c1-10-4-3-5-11(2)16(10)15-9-12-6-7-14(18)13(8-12)17(19)20/h6-11,18H,3-5H2,1-2H3/b15-9+/t10-,11-/m1/s1. The predicted octanol–water partition coefficient (Wildman–Crippen LogP) is 2.90. The van der Waals surface area contributed by atoms with E-state index in [2.05, 4.69) is 18.9 Å². The number of nitro benzene ring substituents is 1. The van der Waals surface area contributed by atoms with Crippen molar-refractivity contribution in [3.05, 3.63) is 33.9 Å². The van der Waals surface area contributed by atoms with Gasteiger partial charge in [0.1, 0.15) is 0 Å². The van der Waals surface area contributed by atoms with Crippen molar-refractivity contribution in [1.82, 2.24) is 5.01 Å². The number of hydrogen-bond donors (Lipinski definition) is 1. The minimum Gasteiger partial charge on any atom is -0.502 e. The van der Waals surface area contributed by atoms with E-state index in [9.17, 15) is 15.2 Å². The van der Waals surface area contributed by atoms with Crippen molar-refractivity contribution in [3.63, 3.8) is 0 Å². The zero-order valence-electron chi connectivity index (χ0n) is 11.7. The van der Waals surface area contributed by atoms with Gasteiger partial charge in [-0.1, -0.05) is 0 Å². The van der Waals surface area contributed by atoms with Gasteiger partial charge in [0.15, 0.2) is 5.75 Å². The molecule has 6 nitrogen and oxygen atoms in total. The summed E-state index contributed by atoms with van der Waals surface area (Å²) >= 11 is 0. The lowest BCUT2D eigenvalue weighted by Crippen LogP contribution is -2.39. The number of benzene rings is 1. The normalized spacial score (nSPS) is 23.2. The SMILES string of the molecule is C[C@@H]1CCC[C@@H](C)N1/N=C/c1ccc(O)c([N+](=O)[O-])c1. The van der Waals surface area contributed by atoms with Gasteiger partial charge in [-0.25, -0.2) is 0 Å². The minimum atomic E-state index is -0.598. The van der Waals surface area contributed by atoms with Crippen molar-refractivity contribution in [2.75, 3.05) is 0 Å². The summed E-state index contributed by atoms with van der Waals surface area (Å²) in [5.74, 6) is -0.327. The van der Waals surface area contributed by atoms with E-state index in [1.165, 1.54) is 18.6 Å². The topological polar surface area (TPSA) is 79.0 Å². The largest absolute Gasteiger partial charge is 0.502 e. The second-order valence-electron chi connectivity index (χ2n) is 5.26. The lowest BCUT2D eigenvalue weighted by molar-refractivity contribution is -0.385. The molecule has 0 aliphatic carbocycles. The van der Waals surface area contributed by atoms with Gasteiger partial charge in [0, 0.05) is 23.7 Å². The van der Waals surface area contributed by atoms with Gasteiger partial charge >= 0.3 is 5.69 Å². The first-order valence-electron chi connectivity index (χ1n) is 6.78. The van der Waals surface area contributed by atoms with Crippen molar-refractivity contribution in [3.8, 4) is 5.75 Å². The molecular weight excluding hydrogens is 258 g/mol. The van der Waals surface area contributed by atoms with Crippen LogP contribution in [-0.4, -0.2) is 33.3 Å². The Labute approximate surface area is 117 Å². The van der Waals surface area contributed by atoms with Gasteiger partial charge < -0.3 is 5.11 Å². The van der Waals surface area contributed by atoms with Gasteiger partial charge in [-0.05, 0) is 45.2 Å². The van der Waals surface area contributed by atoms with E-state index in [1.54, 1.807) is 12.3 Å². The van der Waals surface area contributed by atoms with Crippen LogP contribution < -0.4 is 0 Å². The van der Waals surface area contributed by atoms with E-state index in [0.29, 0.717) is 17.6 Å². The van der Waals surface area contributed by atoms with Crippen LogP contribution in [0.25, 0.3) is 0 Å². The average molecular weight is 277 g/mol. The summed E-state index contributed by atoms with van der Waals surface area (Å²) < 4.78 is 0. The molecule has 0 amide bonds. The molecule has 108 valence electrons. The Morgan fingerprint density at radius 3 is 2.65 bits per heavy atom. The molecular formula is C14H19N3O3. The maximum Gasteiger partial charge on any atom is 0.311 e. The Bertz CT molecular complexity index is 520. The van der Waals surface area contributed by atoms with Crippen LogP contribution >= 0.6 is 0 Å². The first-order valence-corrected chi connectivity index (χ1v) is 6.78. The summed E-state index contributed by atoms with van der Waals surface area (Å²) in [5.41, 5.74) is 0.313. The quantitative estimate of drug-likeness (QED) is 0.523. The average Bonchev–Trinajstić information content (AvgIpc) is 2.39. The van der Waals surface area contributed by atoms with Gasteiger partial charge in [-0.15, -0.1) is 0 Å². The highest BCUT2D eigenvalue weighted by Crippen LogP contribution is 2.26. The van der Waals surface area contributed by atoms with Crippen LogP contribution in [0.15, 0.2) is 23.3 Å². The van der Waals surface area contributed by atoms with E-state index in [1.807, 2.05) is 5.01 Å². The highest BCUT2D eigenvalue weighted by Gasteiger charge is 2.22. The number of nitro groups is 1. The molecule has 1 N–H and O–H groups in total. The van der Waals surface area contributed by atoms with Crippen LogP contribution in [0.2, 0.25) is 0 Å². The summed E-state index contributed by atoms with van der Waals surface area (Å²) in [7, 11) is 0. The fourth-order valence-corrected chi connectivity index (χ4v) is 2.54. The summed E-state index contributed by atoms with van der Waals surface area (Å²) in [6, 6.07) is 5.02. The number of piperidine rings is 1. The van der Waals surface area contributed by atoms with E-state index < -0.39 is 4.92 Å². The zero-order chi connectivity index (χ0) is 14.7. The number of aromatic hydroxyl groups is 1. The van der Waals surface area contributed by atoms with Crippen LogP contribution in [0, 0.1) is 10.1 Å². The fraction of sp³-hybridized carbons (Fsp3) is 0.500. The number of nitrogens with zero attached hydrogens (tertiary/aromatic N) is 3. The molecule has 0 saturated carbocycles. The maximum atomic E-state index is 10.8. The molecule has 0 unspecified atom stereocenters. The summed E-state index contributed by atoms with van der Waals surface area (Å²) in [4.78, 5) is 10.2. The van der Waals surface area contributed by atoms with Crippen molar-refractivity contribution < 1.29 is 10.0 Å². The van der Waals surface area contributed by atoms with E-state index >= 15 is 0 Å². The van der Waals surface area contributed by atoms with Gasteiger partial charge in [-0.3, -0.25) is 15.1 Å². The molecule has 1 aromatic rings. The molecule has 0 bridgehead atoms. The molecule has 1 fully saturated rings. The van der Waals surface area contributed by atoms with E-state index in [4.69, 9.17) is 0 Å². The van der Waals surface area contributed by atoms with Crippen molar-refractivity contribution in [2.45, 2.75) is 45.2 Å². The fourth-order valence-electron chi connectivity index (χ4n) is 2.54. The minimum absolute atomic E-state index is 0.298. The molecule has 20 heavy (non-hydrogen) atoms. The molecule has 1 heterocycles. The molecule has 1 aromatic carbocycles. The Kier molecular flexibility index (Phi) is 4.22. The number of rotatable bonds is 3. The molecule has 1 aliphatic heterocycles. The van der Waals surface area contributed by atoms with Crippen LogP contribution in [0.4, 0.5) is 5.69 Å². The molecule has 0 spiro atoms. The summed E-state index contributed by atoms with van der Waals surface area (Å²) in [6.07, 6.45) is 5.04. The smallest absolute Gasteiger partial charge is 0.311 e. The van der Waals surface area contributed by atoms with Crippen LogP contribution in [0.1, 0.15) is 38.7 Å². The van der Waals surface area contributed by atoms with Crippen molar-refractivity contribution in [1.29, 1.82) is 0 Å². The van der Waals surface area contributed by atoms with Crippen LogP contribution in [0.5, 0.6) is 5.75 Å². The predicted molar refractivity (Wildman–Crippen MR) is 77.0 cm³/mol. The maximum absolute atomic E-state index is 10.8. The lowest BCUT2D eigenvalue weighted by atomic mass is 10.00. The third kappa shape index (κ3) is 3.07. The molecule has 0 aromatic heterocycles. The van der Waals surface area contributed by atoms with E-state index in [0.717, 1.165) is 12.8 Å². The lowest BCUT2D eigenvalue weighted by Gasteiger charge is -2.36. The number of hydrogen-bond acceptors (Lipinski definition) is 5. The van der Waals surface area contributed by atoms with Gasteiger partial charge in [-0.2, -0.15) is 5.10 Å². The first-order chi connectivity index (χ1) is 9.49. The number of phenols is 1. The Hall–Kier alpha value is -2.11. The van der Waals surface area contributed by atoms with Gasteiger partial charge in [0.25, 0.3) is 0 Å². The number of phenolic OH excluding ortho intramolecular Hbond substituents is 1. The van der Waals surface area contributed by atoms with Gasteiger partial charge in [0.05, 0.1) is 11.1 Å². The van der Waals surface area contributed by atoms with Crippen LogP contribution in [-0.2, 0) is 0 Å². The van der Waals surface area contributed by atoms with Crippen LogP contribution in [0.3, 0.4) is 0 Å². The highest BCUT2D eigenvalue weighted by molar-refractivity contribution is 5.81.